The van der Waals surface area contributed by atoms with Crippen LogP contribution in [-0.4, -0.2) is 29.6 Å². The van der Waals surface area contributed by atoms with Gasteiger partial charge in [0.25, 0.3) is 0 Å². The first-order chi connectivity index (χ1) is 14.5. The lowest BCUT2D eigenvalue weighted by atomic mass is 9.84. The van der Waals surface area contributed by atoms with Crippen LogP contribution in [-0.2, 0) is 4.79 Å². The minimum Gasteiger partial charge on any atom is -0.327 e. The highest BCUT2D eigenvalue weighted by molar-refractivity contribution is 5.83. The van der Waals surface area contributed by atoms with E-state index < -0.39 is 24.0 Å². The van der Waals surface area contributed by atoms with Gasteiger partial charge in [0.05, 0.1) is 12.1 Å². The molecule has 1 fully saturated rings. The van der Waals surface area contributed by atoms with Crippen molar-refractivity contribution in [1.29, 1.82) is 0 Å². The van der Waals surface area contributed by atoms with Crippen molar-refractivity contribution in [1.82, 2.24) is 4.90 Å². The molecule has 3 aliphatic rings. The SMILES string of the molecule is N[C@@H](CC1CCCCC1)C(=O)N1CC(C2C=C(F)C=CC2F)=CC1c1ccccc1. The van der Waals surface area contributed by atoms with Crippen molar-refractivity contribution in [3.63, 3.8) is 0 Å². The summed E-state index contributed by atoms with van der Waals surface area (Å²) in [6, 6.07) is 8.82. The van der Waals surface area contributed by atoms with Crippen LogP contribution in [0, 0.1) is 11.8 Å². The lowest BCUT2D eigenvalue weighted by molar-refractivity contribution is -0.133. The topological polar surface area (TPSA) is 46.3 Å². The molecule has 1 amide bonds. The molecule has 0 spiro atoms. The molecule has 30 heavy (non-hydrogen) atoms. The van der Waals surface area contributed by atoms with Gasteiger partial charge in [-0.25, -0.2) is 8.78 Å². The van der Waals surface area contributed by atoms with Crippen molar-refractivity contribution in [2.45, 2.75) is 56.8 Å². The standard InChI is InChI=1S/C25H30F2N2O/c26-20-11-12-22(27)21(15-20)19-14-24(18-9-5-2-6-10-18)29(16-19)25(30)23(28)13-17-7-3-1-4-8-17/h2,5-6,9-12,14-15,17,21-24H,1,3-4,7-8,13,16,28H2/t21?,22?,23-,24?/m0/s1. The van der Waals surface area contributed by atoms with Gasteiger partial charge in [-0.2, -0.15) is 0 Å². The fourth-order valence-electron chi connectivity index (χ4n) is 5.03. The molecule has 1 aromatic rings. The lowest BCUT2D eigenvalue weighted by Gasteiger charge is -2.31. The first-order valence-electron chi connectivity index (χ1n) is 11.0. The molecular formula is C25H30F2N2O. The summed E-state index contributed by atoms with van der Waals surface area (Å²) in [5.74, 6) is -0.732. The second kappa shape index (κ2) is 9.25. The van der Waals surface area contributed by atoms with Gasteiger partial charge in [-0.1, -0.05) is 68.5 Å². The van der Waals surface area contributed by atoms with Crippen LogP contribution < -0.4 is 5.73 Å². The average molecular weight is 413 g/mol. The highest BCUT2D eigenvalue weighted by Crippen LogP contribution is 2.38. The highest BCUT2D eigenvalue weighted by Gasteiger charge is 2.37. The highest BCUT2D eigenvalue weighted by atomic mass is 19.1. The van der Waals surface area contributed by atoms with Crippen LogP contribution in [0.3, 0.4) is 0 Å². The van der Waals surface area contributed by atoms with Crippen LogP contribution in [0.2, 0.25) is 0 Å². The minimum atomic E-state index is -1.29. The second-order valence-electron chi connectivity index (χ2n) is 8.79. The molecule has 1 aliphatic heterocycles. The number of halogens is 2. The number of hydrogen-bond acceptors (Lipinski definition) is 2. The maximum Gasteiger partial charge on any atom is 0.240 e. The maximum absolute atomic E-state index is 14.5. The van der Waals surface area contributed by atoms with Crippen molar-refractivity contribution >= 4 is 5.91 Å². The monoisotopic (exact) mass is 412 g/mol. The quantitative estimate of drug-likeness (QED) is 0.678. The van der Waals surface area contributed by atoms with E-state index in [4.69, 9.17) is 5.73 Å². The van der Waals surface area contributed by atoms with Crippen LogP contribution in [0.1, 0.15) is 50.1 Å². The Morgan fingerprint density at radius 2 is 1.87 bits per heavy atom. The summed E-state index contributed by atoms with van der Waals surface area (Å²) in [6.07, 6.45) is 11.0. The molecule has 5 heteroatoms. The van der Waals surface area contributed by atoms with Gasteiger partial charge < -0.3 is 10.6 Å². The van der Waals surface area contributed by atoms with Crippen molar-refractivity contribution < 1.29 is 13.6 Å². The first-order valence-corrected chi connectivity index (χ1v) is 11.0. The molecule has 2 aliphatic carbocycles. The Morgan fingerprint density at radius 1 is 1.13 bits per heavy atom. The van der Waals surface area contributed by atoms with Crippen molar-refractivity contribution in [3.8, 4) is 0 Å². The summed E-state index contributed by atoms with van der Waals surface area (Å²) in [6.45, 7) is 0.277. The molecule has 0 aromatic heterocycles. The number of allylic oxidation sites excluding steroid dienone is 4. The smallest absolute Gasteiger partial charge is 0.240 e. The van der Waals surface area contributed by atoms with E-state index in [9.17, 15) is 13.6 Å². The zero-order valence-electron chi connectivity index (χ0n) is 17.2. The maximum atomic E-state index is 14.5. The van der Waals surface area contributed by atoms with Gasteiger partial charge in [-0.05, 0) is 41.7 Å². The molecular weight excluding hydrogens is 382 g/mol. The number of carbonyl (C=O) groups is 1. The fourth-order valence-corrected chi connectivity index (χ4v) is 5.03. The molecule has 0 radical (unpaired) electrons. The number of nitrogens with two attached hydrogens (primary N) is 1. The number of rotatable bonds is 5. The zero-order chi connectivity index (χ0) is 21.1. The van der Waals surface area contributed by atoms with E-state index in [1.165, 1.54) is 31.4 Å². The van der Waals surface area contributed by atoms with Crippen molar-refractivity contribution in [2.24, 2.45) is 17.6 Å². The molecule has 1 aromatic carbocycles. The summed E-state index contributed by atoms with van der Waals surface area (Å²) < 4.78 is 28.3. The van der Waals surface area contributed by atoms with Gasteiger partial charge in [-0.15, -0.1) is 0 Å². The zero-order valence-corrected chi connectivity index (χ0v) is 17.2. The number of amides is 1. The van der Waals surface area contributed by atoms with Gasteiger partial charge in [0.1, 0.15) is 12.0 Å². The normalized spacial score (nSPS) is 28.2. The molecule has 160 valence electrons. The molecule has 4 atom stereocenters. The molecule has 3 unspecified atom stereocenters. The van der Waals surface area contributed by atoms with Crippen LogP contribution in [0.25, 0.3) is 0 Å². The second-order valence-corrected chi connectivity index (χ2v) is 8.79. The van der Waals surface area contributed by atoms with Crippen molar-refractivity contribution in [2.75, 3.05) is 6.54 Å². The van der Waals surface area contributed by atoms with E-state index in [0.29, 0.717) is 12.3 Å². The summed E-state index contributed by atoms with van der Waals surface area (Å²) >= 11 is 0. The summed E-state index contributed by atoms with van der Waals surface area (Å²) in [5, 5.41) is 0. The molecule has 1 saturated carbocycles. The molecule has 2 N–H and O–H groups in total. The van der Waals surface area contributed by atoms with E-state index in [2.05, 4.69) is 0 Å². The number of carbonyl (C=O) groups excluding carboxylic acids is 1. The fraction of sp³-hybridized carbons (Fsp3) is 0.480. The third-order valence-electron chi connectivity index (χ3n) is 6.66. The minimum absolute atomic E-state index is 0.105. The van der Waals surface area contributed by atoms with E-state index >= 15 is 0 Å². The van der Waals surface area contributed by atoms with Crippen LogP contribution >= 0.6 is 0 Å². The van der Waals surface area contributed by atoms with Gasteiger partial charge in [0.2, 0.25) is 5.91 Å². The van der Waals surface area contributed by atoms with Gasteiger partial charge in [0, 0.05) is 12.5 Å². The first kappa shape index (κ1) is 21.0. The lowest BCUT2D eigenvalue weighted by Crippen LogP contribution is -2.45. The largest absolute Gasteiger partial charge is 0.327 e. The Kier molecular flexibility index (Phi) is 6.47. The van der Waals surface area contributed by atoms with E-state index in [-0.39, 0.29) is 18.5 Å². The third-order valence-corrected chi connectivity index (χ3v) is 6.66. The van der Waals surface area contributed by atoms with E-state index in [1.54, 1.807) is 4.90 Å². The molecule has 4 rings (SSSR count). The summed E-state index contributed by atoms with van der Waals surface area (Å²) in [5.41, 5.74) is 8.06. The summed E-state index contributed by atoms with van der Waals surface area (Å²) in [7, 11) is 0. The molecule has 3 nitrogen and oxygen atoms in total. The molecule has 1 heterocycles. The Bertz CT molecular complexity index is 842. The Labute approximate surface area is 177 Å². The molecule has 0 bridgehead atoms. The van der Waals surface area contributed by atoms with Crippen LogP contribution in [0.15, 0.2) is 66.0 Å². The van der Waals surface area contributed by atoms with Crippen LogP contribution in [0.5, 0.6) is 0 Å². The number of alkyl halides is 1. The Hall–Kier alpha value is -2.27. The Balaban J connectivity index is 1.55. The van der Waals surface area contributed by atoms with E-state index in [1.807, 2.05) is 36.4 Å². The number of benzene rings is 1. The average Bonchev–Trinajstić information content (AvgIpc) is 3.21. The van der Waals surface area contributed by atoms with Gasteiger partial charge >= 0.3 is 0 Å². The van der Waals surface area contributed by atoms with Crippen LogP contribution in [0.4, 0.5) is 8.78 Å². The third kappa shape index (κ3) is 4.56. The predicted molar refractivity (Wildman–Crippen MR) is 115 cm³/mol. The summed E-state index contributed by atoms with van der Waals surface area (Å²) in [4.78, 5) is 15.1. The predicted octanol–water partition coefficient (Wildman–Crippen LogP) is 5.17. The number of nitrogens with zero attached hydrogens (tertiary/aromatic N) is 1. The molecule has 0 saturated heterocycles. The van der Waals surface area contributed by atoms with Gasteiger partial charge in [-0.3, -0.25) is 4.79 Å². The number of hydrogen-bond donors (Lipinski definition) is 1. The van der Waals surface area contributed by atoms with Gasteiger partial charge in [0.15, 0.2) is 0 Å². The Morgan fingerprint density at radius 3 is 2.60 bits per heavy atom. The van der Waals surface area contributed by atoms with E-state index in [0.717, 1.165) is 30.1 Å². The van der Waals surface area contributed by atoms with Crippen molar-refractivity contribution in [3.05, 3.63) is 71.6 Å².